The summed E-state index contributed by atoms with van der Waals surface area (Å²) in [6.07, 6.45) is -2.19. The maximum absolute atomic E-state index is 12.6. The number of rotatable bonds is 3. The first-order valence-corrected chi connectivity index (χ1v) is 5.91. The number of nitrogens with one attached hydrogen (secondary N) is 2. The van der Waals surface area contributed by atoms with Gasteiger partial charge in [-0.15, -0.1) is 11.3 Å². The molecule has 2 rings (SSSR count). The molecular formula is C10H10F2N2O2S. The number of alkyl halides is 2. The minimum absolute atomic E-state index is 0.0512. The van der Waals surface area contributed by atoms with Crippen LogP contribution >= 0.6 is 11.3 Å². The number of carbonyl (C=O) groups excluding carboxylic acids is 2. The van der Waals surface area contributed by atoms with Crippen molar-refractivity contribution in [2.24, 2.45) is 0 Å². The van der Waals surface area contributed by atoms with Crippen LogP contribution in [-0.4, -0.2) is 24.4 Å². The molecule has 2 amide bonds. The monoisotopic (exact) mass is 260 g/mol. The van der Waals surface area contributed by atoms with Gasteiger partial charge in [-0.3, -0.25) is 9.59 Å². The lowest BCUT2D eigenvalue weighted by molar-refractivity contribution is -0.120. The van der Waals surface area contributed by atoms with E-state index in [2.05, 4.69) is 10.6 Å². The van der Waals surface area contributed by atoms with Gasteiger partial charge in [-0.2, -0.15) is 0 Å². The van der Waals surface area contributed by atoms with Crippen molar-refractivity contribution in [3.8, 4) is 0 Å². The second-order valence-corrected chi connectivity index (χ2v) is 4.55. The Balaban J connectivity index is 2.09. The highest BCUT2D eigenvalue weighted by molar-refractivity contribution is 7.10. The molecule has 1 atom stereocenters. The topological polar surface area (TPSA) is 58.2 Å². The van der Waals surface area contributed by atoms with Gasteiger partial charge in [0.1, 0.15) is 6.04 Å². The Morgan fingerprint density at radius 1 is 1.59 bits per heavy atom. The Kier molecular flexibility index (Phi) is 3.37. The molecule has 7 heteroatoms. The summed E-state index contributed by atoms with van der Waals surface area (Å²) in [4.78, 5) is 22.7. The standard InChI is InChI=1S/C10H10F2N2O2S/c11-8(12)7-5(2-4-17-7)9(15)14-6-1-3-13-10(6)16/h2,4,6,8H,1,3H2,(H,13,16)(H,14,15)/t6-/m0/s1. The fourth-order valence-corrected chi connectivity index (χ4v) is 2.39. The summed E-state index contributed by atoms with van der Waals surface area (Å²) in [6, 6.07) is 0.724. The second-order valence-electron chi connectivity index (χ2n) is 3.60. The highest BCUT2D eigenvalue weighted by Gasteiger charge is 2.28. The van der Waals surface area contributed by atoms with E-state index >= 15 is 0 Å². The van der Waals surface area contributed by atoms with Gasteiger partial charge in [0.2, 0.25) is 5.91 Å². The third kappa shape index (κ3) is 2.44. The van der Waals surface area contributed by atoms with Gasteiger partial charge >= 0.3 is 0 Å². The van der Waals surface area contributed by atoms with E-state index < -0.39 is 18.4 Å². The van der Waals surface area contributed by atoms with E-state index in [-0.39, 0.29) is 16.3 Å². The Labute approximate surface area is 100 Å². The zero-order chi connectivity index (χ0) is 12.4. The van der Waals surface area contributed by atoms with Gasteiger partial charge in [0, 0.05) is 6.54 Å². The molecule has 2 heterocycles. The molecule has 1 aromatic rings. The van der Waals surface area contributed by atoms with Crippen molar-refractivity contribution in [1.82, 2.24) is 10.6 Å². The molecule has 1 aliphatic rings. The zero-order valence-corrected chi connectivity index (χ0v) is 9.52. The van der Waals surface area contributed by atoms with Gasteiger partial charge in [-0.25, -0.2) is 8.78 Å². The van der Waals surface area contributed by atoms with Crippen LogP contribution in [0.15, 0.2) is 11.4 Å². The number of hydrogen-bond acceptors (Lipinski definition) is 3. The fraction of sp³-hybridized carbons (Fsp3) is 0.400. The van der Waals surface area contributed by atoms with E-state index in [1.807, 2.05) is 0 Å². The lowest BCUT2D eigenvalue weighted by Crippen LogP contribution is -2.40. The van der Waals surface area contributed by atoms with Gasteiger partial charge in [0.05, 0.1) is 10.4 Å². The third-order valence-electron chi connectivity index (χ3n) is 2.49. The number of halogens is 2. The highest BCUT2D eigenvalue weighted by atomic mass is 32.1. The smallest absolute Gasteiger partial charge is 0.273 e. The van der Waals surface area contributed by atoms with Crippen LogP contribution in [0.25, 0.3) is 0 Å². The SMILES string of the molecule is O=C(N[C@H]1CCNC1=O)c1ccsc1C(F)F. The maximum Gasteiger partial charge on any atom is 0.273 e. The summed E-state index contributed by atoms with van der Waals surface area (Å²) in [5.74, 6) is -0.893. The van der Waals surface area contributed by atoms with Crippen LogP contribution in [0.3, 0.4) is 0 Å². The summed E-state index contributed by atoms with van der Waals surface area (Å²) in [7, 11) is 0. The van der Waals surface area contributed by atoms with E-state index in [1.165, 1.54) is 11.4 Å². The molecule has 0 aromatic carbocycles. The first kappa shape index (κ1) is 12.0. The molecule has 0 saturated carbocycles. The molecule has 92 valence electrons. The van der Waals surface area contributed by atoms with Crippen LogP contribution < -0.4 is 10.6 Å². The normalized spacial score (nSPS) is 19.5. The van der Waals surface area contributed by atoms with Crippen molar-refractivity contribution in [3.63, 3.8) is 0 Å². The molecule has 1 saturated heterocycles. The summed E-state index contributed by atoms with van der Waals surface area (Å²) < 4.78 is 25.1. The number of thiophene rings is 1. The first-order valence-electron chi connectivity index (χ1n) is 5.03. The summed E-state index contributed by atoms with van der Waals surface area (Å²) in [5, 5.41) is 6.44. The van der Waals surface area contributed by atoms with Gasteiger partial charge in [-0.05, 0) is 17.9 Å². The van der Waals surface area contributed by atoms with Crippen LogP contribution in [0, 0.1) is 0 Å². The molecule has 1 aromatic heterocycles. The van der Waals surface area contributed by atoms with Crippen molar-refractivity contribution >= 4 is 23.2 Å². The molecule has 1 fully saturated rings. The molecule has 2 N–H and O–H groups in total. The molecule has 0 aliphatic carbocycles. The quantitative estimate of drug-likeness (QED) is 0.860. The molecule has 4 nitrogen and oxygen atoms in total. The zero-order valence-electron chi connectivity index (χ0n) is 8.70. The predicted molar refractivity (Wildman–Crippen MR) is 58.2 cm³/mol. The van der Waals surface area contributed by atoms with Crippen LogP contribution in [0.1, 0.15) is 28.1 Å². The summed E-state index contributed by atoms with van der Waals surface area (Å²) in [5.41, 5.74) is -0.0512. The molecule has 1 aliphatic heterocycles. The number of amides is 2. The van der Waals surface area contributed by atoms with Gasteiger partial charge < -0.3 is 10.6 Å². The third-order valence-corrected chi connectivity index (χ3v) is 3.42. The largest absolute Gasteiger partial charge is 0.354 e. The fourth-order valence-electron chi connectivity index (χ4n) is 1.65. The summed E-state index contributed by atoms with van der Waals surface area (Å²) in [6.45, 7) is 0.495. The van der Waals surface area contributed by atoms with Crippen molar-refractivity contribution in [2.45, 2.75) is 18.9 Å². The van der Waals surface area contributed by atoms with E-state index in [9.17, 15) is 18.4 Å². The predicted octanol–water partition coefficient (Wildman–Crippen LogP) is 1.30. The molecular weight excluding hydrogens is 250 g/mol. The van der Waals surface area contributed by atoms with E-state index in [4.69, 9.17) is 0 Å². The second kappa shape index (κ2) is 4.79. The Bertz CT molecular complexity index is 447. The lowest BCUT2D eigenvalue weighted by atomic mass is 10.2. The van der Waals surface area contributed by atoms with Crippen molar-refractivity contribution in [1.29, 1.82) is 0 Å². The van der Waals surface area contributed by atoms with E-state index in [0.717, 1.165) is 11.3 Å². The van der Waals surface area contributed by atoms with Crippen LogP contribution in [0.4, 0.5) is 8.78 Å². The Morgan fingerprint density at radius 3 is 2.94 bits per heavy atom. The number of carbonyl (C=O) groups is 2. The van der Waals surface area contributed by atoms with Gasteiger partial charge in [0.15, 0.2) is 0 Å². The minimum Gasteiger partial charge on any atom is -0.354 e. The average molecular weight is 260 g/mol. The highest BCUT2D eigenvalue weighted by Crippen LogP contribution is 2.28. The molecule has 0 radical (unpaired) electrons. The van der Waals surface area contributed by atoms with Crippen molar-refractivity contribution in [2.75, 3.05) is 6.54 Å². The van der Waals surface area contributed by atoms with E-state index in [1.54, 1.807) is 0 Å². The maximum atomic E-state index is 12.6. The van der Waals surface area contributed by atoms with Gasteiger partial charge in [-0.1, -0.05) is 0 Å². The van der Waals surface area contributed by atoms with Crippen molar-refractivity contribution in [3.05, 3.63) is 21.9 Å². The van der Waals surface area contributed by atoms with Crippen LogP contribution in [-0.2, 0) is 4.79 Å². The lowest BCUT2D eigenvalue weighted by Gasteiger charge is -2.10. The minimum atomic E-state index is -2.67. The Hall–Kier alpha value is -1.50. The van der Waals surface area contributed by atoms with Crippen LogP contribution in [0.2, 0.25) is 0 Å². The number of hydrogen-bond donors (Lipinski definition) is 2. The molecule has 0 spiro atoms. The molecule has 0 unspecified atom stereocenters. The first-order chi connectivity index (χ1) is 8.09. The van der Waals surface area contributed by atoms with Crippen molar-refractivity contribution < 1.29 is 18.4 Å². The van der Waals surface area contributed by atoms with Crippen LogP contribution in [0.5, 0.6) is 0 Å². The average Bonchev–Trinajstić information content (AvgIpc) is 2.87. The Morgan fingerprint density at radius 2 is 2.35 bits per heavy atom. The molecule has 0 bridgehead atoms. The van der Waals surface area contributed by atoms with E-state index in [0.29, 0.717) is 13.0 Å². The molecule has 17 heavy (non-hydrogen) atoms. The summed E-state index contributed by atoms with van der Waals surface area (Å²) >= 11 is 0.833. The van der Waals surface area contributed by atoms with Gasteiger partial charge in [0.25, 0.3) is 12.3 Å².